The first-order valence-corrected chi connectivity index (χ1v) is 9.30. The first-order valence-electron chi connectivity index (χ1n) is 7.48. The number of hydrogen-bond acceptors (Lipinski definition) is 4. The molecule has 1 fully saturated rings. The van der Waals surface area contributed by atoms with Gasteiger partial charge < -0.3 is 0 Å². The Kier molecular flexibility index (Phi) is 3.97. The molecule has 1 aliphatic heterocycles. The highest BCUT2D eigenvalue weighted by atomic mass is 32.2. The number of benzene rings is 1. The molecule has 3 rings (SSSR count). The van der Waals surface area contributed by atoms with Crippen molar-refractivity contribution in [1.29, 1.82) is 0 Å². The van der Waals surface area contributed by atoms with Crippen LogP contribution in [0.15, 0.2) is 34.1 Å². The fourth-order valence-corrected chi connectivity index (χ4v) is 4.44. The number of aromatic nitrogens is 2. The van der Waals surface area contributed by atoms with Crippen molar-refractivity contribution in [3.63, 3.8) is 0 Å². The molecule has 122 valence electrons. The molecule has 0 amide bonds. The summed E-state index contributed by atoms with van der Waals surface area (Å²) in [6.07, 6.45) is 2.01. The molecule has 1 aromatic carbocycles. The van der Waals surface area contributed by atoms with Crippen LogP contribution in [0.2, 0.25) is 0 Å². The highest BCUT2D eigenvalue weighted by Crippen LogP contribution is 2.22. The third-order valence-electron chi connectivity index (χ3n) is 4.09. The van der Waals surface area contributed by atoms with Gasteiger partial charge in [-0.2, -0.15) is 0 Å². The lowest BCUT2D eigenvalue weighted by Gasteiger charge is -2.07. The van der Waals surface area contributed by atoms with Crippen LogP contribution in [-0.4, -0.2) is 35.9 Å². The van der Waals surface area contributed by atoms with E-state index in [-0.39, 0.29) is 23.1 Å². The molecule has 1 atom stereocenters. The molecular weight excluding hydrogens is 314 g/mol. The Morgan fingerprint density at radius 3 is 2.57 bits per heavy atom. The predicted octanol–water partition coefficient (Wildman–Crippen LogP) is 1.90. The zero-order chi connectivity index (χ0) is 16.6. The Bertz CT molecular complexity index is 905. The number of aromatic amines is 1. The first kappa shape index (κ1) is 15.7. The maximum Gasteiger partial charge on any atom is 0.275 e. The second-order valence-corrected chi connectivity index (χ2v) is 8.20. The minimum Gasteiger partial charge on any atom is -0.299 e. The van der Waals surface area contributed by atoms with Crippen LogP contribution in [0.3, 0.4) is 0 Å². The molecule has 0 saturated carbocycles. The van der Waals surface area contributed by atoms with Crippen LogP contribution in [-0.2, 0) is 9.84 Å². The normalized spacial score (nSPS) is 20.3. The van der Waals surface area contributed by atoms with Gasteiger partial charge in [0.1, 0.15) is 0 Å². The molecule has 1 aromatic heterocycles. The fraction of sp³-hybridized carbons (Fsp3) is 0.375. The number of hydrogen-bond donors (Lipinski definition) is 1. The minimum absolute atomic E-state index is 0.0153. The summed E-state index contributed by atoms with van der Waals surface area (Å²) in [6.45, 7) is 3.79. The van der Waals surface area contributed by atoms with E-state index in [4.69, 9.17) is 0 Å². The minimum atomic E-state index is -3.04. The summed E-state index contributed by atoms with van der Waals surface area (Å²) in [4.78, 5) is 16.8. The van der Waals surface area contributed by atoms with Crippen molar-refractivity contribution in [3.8, 4) is 0 Å². The topological polar surface area (TPSA) is 84.3 Å². The van der Waals surface area contributed by atoms with Gasteiger partial charge >= 0.3 is 0 Å². The molecule has 23 heavy (non-hydrogen) atoms. The lowest BCUT2D eigenvalue weighted by molar-refractivity contribution is 0.483. The molecule has 6 nitrogen and oxygen atoms in total. The summed E-state index contributed by atoms with van der Waals surface area (Å²) in [6, 6.07) is 7.37. The van der Waals surface area contributed by atoms with Crippen LogP contribution in [0, 0.1) is 13.8 Å². The summed E-state index contributed by atoms with van der Waals surface area (Å²) in [5, 5.41) is 2.99. The monoisotopic (exact) mass is 333 g/mol. The summed E-state index contributed by atoms with van der Waals surface area (Å²) in [5.41, 5.74) is 2.85. The first-order chi connectivity index (χ1) is 10.9. The lowest BCUT2D eigenvalue weighted by Crippen LogP contribution is -2.25. The lowest BCUT2D eigenvalue weighted by atomic mass is 10.2. The Morgan fingerprint density at radius 1 is 1.26 bits per heavy atom. The second-order valence-electron chi connectivity index (χ2n) is 5.98. The maximum atomic E-state index is 12.5. The summed E-state index contributed by atoms with van der Waals surface area (Å²) in [5.74, 6) is 0.149. The van der Waals surface area contributed by atoms with Crippen molar-refractivity contribution in [3.05, 3.63) is 51.4 Å². The van der Waals surface area contributed by atoms with E-state index < -0.39 is 9.84 Å². The molecule has 2 heterocycles. The largest absolute Gasteiger partial charge is 0.299 e. The van der Waals surface area contributed by atoms with Crippen molar-refractivity contribution >= 4 is 21.7 Å². The Balaban J connectivity index is 1.89. The molecule has 2 aromatic rings. The van der Waals surface area contributed by atoms with E-state index in [1.54, 1.807) is 13.1 Å². The fourth-order valence-electron chi connectivity index (χ4n) is 2.74. The predicted molar refractivity (Wildman–Crippen MR) is 90.5 cm³/mol. The zero-order valence-electron chi connectivity index (χ0n) is 13.1. The van der Waals surface area contributed by atoms with E-state index in [9.17, 15) is 13.2 Å². The summed E-state index contributed by atoms with van der Waals surface area (Å²) < 4.78 is 24.6. The van der Waals surface area contributed by atoms with E-state index in [0.29, 0.717) is 17.7 Å². The molecule has 0 spiro atoms. The van der Waals surface area contributed by atoms with Crippen molar-refractivity contribution in [2.24, 2.45) is 4.99 Å². The summed E-state index contributed by atoms with van der Waals surface area (Å²) in [7, 11) is -3.04. The standard InChI is InChI=1S/C16H19N3O3S/c1-11-3-5-13(6-4-11)17-9-15-12(2)18-19(16(15)20)14-7-8-23(21,22)10-14/h3-6,9,14,18H,7-8,10H2,1-2H3. The maximum absolute atomic E-state index is 12.5. The van der Waals surface area contributed by atoms with Gasteiger partial charge in [0.15, 0.2) is 9.84 Å². The van der Waals surface area contributed by atoms with E-state index >= 15 is 0 Å². The van der Waals surface area contributed by atoms with E-state index in [1.165, 1.54) is 4.68 Å². The van der Waals surface area contributed by atoms with Crippen molar-refractivity contribution in [1.82, 2.24) is 9.78 Å². The van der Waals surface area contributed by atoms with Gasteiger partial charge in [-0.1, -0.05) is 17.7 Å². The molecule has 1 N–H and O–H groups in total. The van der Waals surface area contributed by atoms with Crippen LogP contribution in [0.5, 0.6) is 0 Å². The quantitative estimate of drug-likeness (QED) is 0.871. The number of nitrogens with one attached hydrogen (secondary N) is 1. The highest BCUT2D eigenvalue weighted by Gasteiger charge is 2.31. The van der Waals surface area contributed by atoms with Crippen molar-refractivity contribution in [2.45, 2.75) is 26.3 Å². The molecule has 0 bridgehead atoms. The van der Waals surface area contributed by atoms with Gasteiger partial charge in [0, 0.05) is 11.9 Å². The van der Waals surface area contributed by atoms with Gasteiger partial charge in [-0.15, -0.1) is 0 Å². The highest BCUT2D eigenvalue weighted by molar-refractivity contribution is 7.91. The molecular formula is C16H19N3O3S. The van der Waals surface area contributed by atoms with Gasteiger partial charge in [-0.25, -0.2) is 13.1 Å². The second kappa shape index (κ2) is 5.81. The van der Waals surface area contributed by atoms with Crippen LogP contribution < -0.4 is 5.56 Å². The summed E-state index contributed by atoms with van der Waals surface area (Å²) >= 11 is 0. The third-order valence-corrected chi connectivity index (χ3v) is 5.84. The van der Waals surface area contributed by atoms with E-state index in [2.05, 4.69) is 10.1 Å². The van der Waals surface area contributed by atoms with Crippen LogP contribution >= 0.6 is 0 Å². The number of nitrogens with zero attached hydrogens (tertiary/aromatic N) is 2. The number of aryl methyl sites for hydroxylation is 2. The van der Waals surface area contributed by atoms with Crippen molar-refractivity contribution < 1.29 is 8.42 Å². The molecule has 7 heteroatoms. The average molecular weight is 333 g/mol. The number of sulfone groups is 1. The molecule has 0 radical (unpaired) electrons. The Labute approximate surface area is 134 Å². The number of H-pyrrole nitrogens is 1. The van der Waals surface area contributed by atoms with Gasteiger partial charge in [-0.05, 0) is 32.4 Å². The average Bonchev–Trinajstić information content (AvgIpc) is 2.99. The Morgan fingerprint density at radius 2 is 1.96 bits per heavy atom. The smallest absolute Gasteiger partial charge is 0.275 e. The molecule has 0 aliphatic carbocycles. The van der Waals surface area contributed by atoms with Crippen molar-refractivity contribution in [2.75, 3.05) is 11.5 Å². The van der Waals surface area contributed by atoms with Gasteiger partial charge in [0.05, 0.1) is 28.8 Å². The van der Waals surface area contributed by atoms with Crippen LogP contribution in [0.25, 0.3) is 0 Å². The molecule has 1 unspecified atom stereocenters. The van der Waals surface area contributed by atoms with Gasteiger partial charge in [0.2, 0.25) is 0 Å². The van der Waals surface area contributed by atoms with Crippen LogP contribution in [0.1, 0.15) is 29.3 Å². The SMILES string of the molecule is Cc1ccc(N=Cc2c(C)[nH]n(C3CCS(=O)(=O)C3)c2=O)cc1. The Hall–Kier alpha value is -2.15. The molecule has 1 aliphatic rings. The third kappa shape index (κ3) is 3.29. The van der Waals surface area contributed by atoms with E-state index in [0.717, 1.165) is 11.3 Å². The number of rotatable bonds is 3. The number of aliphatic imine (C=N–C) groups is 1. The van der Waals surface area contributed by atoms with Gasteiger partial charge in [0.25, 0.3) is 5.56 Å². The van der Waals surface area contributed by atoms with Crippen LogP contribution in [0.4, 0.5) is 5.69 Å². The zero-order valence-corrected chi connectivity index (χ0v) is 13.9. The van der Waals surface area contributed by atoms with E-state index in [1.807, 2.05) is 31.2 Å². The van der Waals surface area contributed by atoms with Gasteiger partial charge in [-0.3, -0.25) is 14.9 Å². The molecule has 1 saturated heterocycles.